The highest BCUT2D eigenvalue weighted by Gasteiger charge is 1.98. The highest BCUT2D eigenvalue weighted by atomic mass is 32.3. The predicted octanol–water partition coefficient (Wildman–Crippen LogP) is 8.14. The Morgan fingerprint density at radius 2 is 0.788 bits per heavy atom. The molecule has 5 nitrogen and oxygen atoms in total. The molecule has 0 atom stereocenters. The first-order valence-corrected chi connectivity index (χ1v) is 15.0. The fourth-order valence-corrected chi connectivity index (χ4v) is 4.13. The number of hydrogen-bond donors (Lipinski definition) is 2. The molecule has 0 radical (unpaired) electrons. The van der Waals surface area contributed by atoms with E-state index in [1.807, 2.05) is 0 Å². The summed E-state index contributed by atoms with van der Waals surface area (Å²) in [5, 5.41) is 0. The van der Waals surface area contributed by atoms with E-state index < -0.39 is 10.4 Å². The van der Waals surface area contributed by atoms with Crippen molar-refractivity contribution in [3.8, 4) is 0 Å². The Kier molecular flexibility index (Phi) is 23.4. The molecule has 33 heavy (non-hydrogen) atoms. The zero-order chi connectivity index (χ0) is 24.5. The smallest absolute Gasteiger partial charge is 0.264 e. The van der Waals surface area contributed by atoms with Crippen molar-refractivity contribution in [2.45, 2.75) is 142 Å². The van der Waals surface area contributed by atoms with Crippen LogP contribution in [0.2, 0.25) is 0 Å². The van der Waals surface area contributed by atoms with E-state index in [-0.39, 0.29) is 0 Å². The van der Waals surface area contributed by atoms with Gasteiger partial charge >= 0.3 is 10.4 Å². The van der Waals surface area contributed by atoms with Crippen molar-refractivity contribution < 1.29 is 22.1 Å². The van der Waals surface area contributed by atoms with E-state index >= 15 is 0 Å². The fourth-order valence-electron chi connectivity index (χ4n) is 4.13. The van der Waals surface area contributed by atoms with Gasteiger partial charge in [0.1, 0.15) is 6.54 Å². The van der Waals surface area contributed by atoms with Crippen LogP contribution in [-0.2, 0) is 16.9 Å². The van der Waals surface area contributed by atoms with E-state index in [0.29, 0.717) is 0 Å². The molecule has 0 fully saturated rings. The van der Waals surface area contributed by atoms with Crippen LogP contribution < -0.4 is 4.57 Å². The molecule has 0 amide bonds. The molecule has 0 aliphatic rings. The number of aryl methyl sites for hydroxylation is 1. The van der Waals surface area contributed by atoms with Gasteiger partial charge in [-0.3, -0.25) is 9.11 Å². The highest BCUT2D eigenvalue weighted by molar-refractivity contribution is 7.79. The summed E-state index contributed by atoms with van der Waals surface area (Å²) < 4.78 is 33.9. The fraction of sp³-hybridized carbons (Fsp3) is 0.815. The van der Waals surface area contributed by atoms with Gasteiger partial charge in [-0.2, -0.15) is 8.42 Å². The van der Waals surface area contributed by atoms with E-state index in [0.717, 1.165) is 0 Å². The zero-order valence-corrected chi connectivity index (χ0v) is 22.1. The van der Waals surface area contributed by atoms with Crippen molar-refractivity contribution in [1.82, 2.24) is 0 Å². The maximum Gasteiger partial charge on any atom is 0.394 e. The third-order valence-electron chi connectivity index (χ3n) is 6.05. The molecule has 6 heteroatoms. The van der Waals surface area contributed by atoms with Crippen molar-refractivity contribution in [3.63, 3.8) is 0 Å². The van der Waals surface area contributed by atoms with Crippen LogP contribution in [0.3, 0.4) is 0 Å². The van der Waals surface area contributed by atoms with Gasteiger partial charge in [0.25, 0.3) is 0 Å². The Labute approximate surface area is 205 Å². The van der Waals surface area contributed by atoms with Gasteiger partial charge in [-0.05, 0) is 6.42 Å². The average Bonchev–Trinajstić information content (AvgIpc) is 2.77. The lowest BCUT2D eigenvalue weighted by atomic mass is 10.0. The largest absolute Gasteiger partial charge is 0.394 e. The van der Waals surface area contributed by atoms with Gasteiger partial charge in [-0.25, -0.2) is 4.57 Å². The van der Waals surface area contributed by atoms with Gasteiger partial charge in [-0.1, -0.05) is 129 Å². The van der Waals surface area contributed by atoms with Crippen LogP contribution in [0.5, 0.6) is 0 Å². The van der Waals surface area contributed by atoms with Crippen LogP contribution in [0.1, 0.15) is 135 Å². The monoisotopic (exact) mass is 486 g/mol. The molecule has 194 valence electrons. The quantitative estimate of drug-likeness (QED) is 0.104. The number of pyridine rings is 1. The van der Waals surface area contributed by atoms with Crippen LogP contribution in [-0.4, -0.2) is 17.5 Å². The summed E-state index contributed by atoms with van der Waals surface area (Å²) >= 11 is 0. The van der Waals surface area contributed by atoms with Gasteiger partial charge in [-0.15, -0.1) is 0 Å². The second kappa shape index (κ2) is 24.2. The lowest BCUT2D eigenvalue weighted by molar-refractivity contribution is -0.697. The topological polar surface area (TPSA) is 78.5 Å². The summed E-state index contributed by atoms with van der Waals surface area (Å²) in [7, 11) is -4.67. The lowest BCUT2D eigenvalue weighted by Gasteiger charge is -2.04. The number of hydrogen-bond acceptors (Lipinski definition) is 2. The second-order valence-corrected chi connectivity index (χ2v) is 10.2. The minimum absolute atomic E-state index is 1.18. The molecule has 1 aromatic rings. The summed E-state index contributed by atoms with van der Waals surface area (Å²) in [6.45, 7) is 3.48. The molecule has 1 rings (SSSR count). The molecule has 0 bridgehead atoms. The zero-order valence-electron chi connectivity index (χ0n) is 21.3. The molecule has 0 aliphatic carbocycles. The lowest BCUT2D eigenvalue weighted by Crippen LogP contribution is -2.32. The molecule has 0 saturated carbocycles. The molecule has 0 saturated heterocycles. The minimum atomic E-state index is -4.67. The molecule has 0 aromatic carbocycles. The van der Waals surface area contributed by atoms with E-state index in [1.54, 1.807) is 0 Å². The molecule has 2 N–H and O–H groups in total. The van der Waals surface area contributed by atoms with Crippen LogP contribution in [0.15, 0.2) is 30.6 Å². The summed E-state index contributed by atoms with van der Waals surface area (Å²) in [6, 6.07) is 6.33. The third-order valence-corrected chi connectivity index (χ3v) is 6.05. The third kappa shape index (κ3) is 31.0. The minimum Gasteiger partial charge on any atom is -0.264 e. The Morgan fingerprint density at radius 3 is 1.09 bits per heavy atom. The molecule has 1 heterocycles. The first kappa shape index (κ1) is 32.0. The van der Waals surface area contributed by atoms with E-state index in [1.165, 1.54) is 135 Å². The molecular weight excluding hydrogens is 434 g/mol. The number of aromatic nitrogens is 1. The summed E-state index contributed by atoms with van der Waals surface area (Å²) in [4.78, 5) is 0. The first-order chi connectivity index (χ1) is 15.9. The Bertz CT molecular complexity index is 600. The molecule has 0 unspecified atom stereocenters. The maximum absolute atomic E-state index is 8.74. The van der Waals surface area contributed by atoms with Crippen molar-refractivity contribution in [2.75, 3.05) is 0 Å². The standard InChI is InChI=1S/C27H50N.H2O4S/c1-2-3-4-5-6-7-8-9-10-11-12-13-14-15-16-17-18-19-20-22-25-28-26-23-21-24-27-28;1-5(2,3)4/h21,23-24,26-27H,2-20,22,25H2,1H3;(H2,1,2,3,4)/q+1;. The Balaban J connectivity index is 0.00000184. The SMILES string of the molecule is CCCCCCCCCCCCCCCCCCCCCC[n+]1ccccc1.O=S(=O)(O)O. The Morgan fingerprint density at radius 1 is 0.515 bits per heavy atom. The van der Waals surface area contributed by atoms with E-state index in [2.05, 4.69) is 42.1 Å². The average molecular weight is 487 g/mol. The predicted molar refractivity (Wildman–Crippen MR) is 139 cm³/mol. The maximum atomic E-state index is 8.74. The van der Waals surface area contributed by atoms with Gasteiger partial charge in [0.2, 0.25) is 0 Å². The highest BCUT2D eigenvalue weighted by Crippen LogP contribution is 2.14. The molecule has 0 aliphatic heterocycles. The van der Waals surface area contributed by atoms with Crippen LogP contribution in [0.4, 0.5) is 0 Å². The van der Waals surface area contributed by atoms with Crippen molar-refractivity contribution in [2.24, 2.45) is 0 Å². The number of nitrogens with zero attached hydrogens (tertiary/aromatic N) is 1. The van der Waals surface area contributed by atoms with Gasteiger partial charge < -0.3 is 0 Å². The van der Waals surface area contributed by atoms with Crippen molar-refractivity contribution in [3.05, 3.63) is 30.6 Å². The van der Waals surface area contributed by atoms with Crippen LogP contribution in [0.25, 0.3) is 0 Å². The van der Waals surface area contributed by atoms with Crippen molar-refractivity contribution >= 4 is 10.4 Å². The summed E-state index contributed by atoms with van der Waals surface area (Å²) in [5.41, 5.74) is 0. The first-order valence-electron chi connectivity index (χ1n) is 13.6. The molecular formula is C27H52NO4S+. The van der Waals surface area contributed by atoms with E-state index in [9.17, 15) is 0 Å². The van der Waals surface area contributed by atoms with Gasteiger partial charge in [0.05, 0.1) is 0 Å². The molecule has 1 aromatic heterocycles. The van der Waals surface area contributed by atoms with Crippen LogP contribution >= 0.6 is 0 Å². The Hall–Kier alpha value is -0.980. The van der Waals surface area contributed by atoms with Gasteiger partial charge in [0, 0.05) is 18.6 Å². The van der Waals surface area contributed by atoms with Crippen LogP contribution in [0, 0.1) is 0 Å². The van der Waals surface area contributed by atoms with E-state index in [4.69, 9.17) is 17.5 Å². The molecule has 0 spiro atoms. The van der Waals surface area contributed by atoms with Crippen molar-refractivity contribution in [1.29, 1.82) is 0 Å². The number of rotatable bonds is 21. The normalized spacial score (nSPS) is 11.2. The summed E-state index contributed by atoms with van der Waals surface area (Å²) in [5.74, 6) is 0. The number of unbranched alkanes of at least 4 members (excludes halogenated alkanes) is 19. The second-order valence-electron chi connectivity index (χ2n) is 9.28. The summed E-state index contributed by atoms with van der Waals surface area (Å²) in [6.07, 6.45) is 33.4. The van der Waals surface area contributed by atoms with Gasteiger partial charge in [0.15, 0.2) is 12.4 Å².